The van der Waals surface area contributed by atoms with E-state index < -0.39 is 8.07 Å². The van der Waals surface area contributed by atoms with Crippen molar-refractivity contribution in [1.82, 2.24) is 9.13 Å². The summed E-state index contributed by atoms with van der Waals surface area (Å²) in [5.41, 5.74) is 11.9. The topological polar surface area (TPSA) is 9.86 Å². The number of hydrogen-bond acceptors (Lipinski definition) is 0. The van der Waals surface area contributed by atoms with Gasteiger partial charge in [0.1, 0.15) is 0 Å². The molecule has 0 bridgehead atoms. The standard InChI is InChI=1S/C60H42N2Si/c1-6-22-43(23-7-1)49-32-16-18-35-53(49)62-55-41-40-45(61-54-36-19-17-33-51(54)59-50(34-20-37-56(59)61)44-24-8-2-9-25-44)42-52(55)60-57(62)38-21-39-58(60)63(46-26-10-3-11-27-46,47-28-12-4-13-29-47)48-30-14-5-15-31-48/h1-42H. The van der Waals surface area contributed by atoms with Gasteiger partial charge >= 0.3 is 0 Å². The van der Waals surface area contributed by atoms with Crippen LogP contribution in [0, 0.1) is 0 Å². The van der Waals surface area contributed by atoms with E-state index in [0.29, 0.717) is 0 Å². The maximum absolute atomic E-state index is 2.98. The van der Waals surface area contributed by atoms with Crippen molar-refractivity contribution in [3.8, 4) is 33.6 Å². The van der Waals surface area contributed by atoms with Crippen LogP contribution in [-0.4, -0.2) is 17.2 Å². The first-order valence-electron chi connectivity index (χ1n) is 21.8. The number of benzene rings is 10. The minimum atomic E-state index is -2.98. The first kappa shape index (κ1) is 36.8. The molecule has 10 aromatic carbocycles. The van der Waals surface area contributed by atoms with Gasteiger partial charge in [-0.25, -0.2) is 0 Å². The van der Waals surface area contributed by atoms with E-state index >= 15 is 0 Å². The Kier molecular flexibility index (Phi) is 8.87. The van der Waals surface area contributed by atoms with Crippen LogP contribution < -0.4 is 20.7 Å². The molecule has 12 rings (SSSR count). The Hall–Kier alpha value is -7.98. The maximum atomic E-state index is 2.53. The van der Waals surface area contributed by atoms with Gasteiger partial charge < -0.3 is 9.13 Å². The normalized spacial score (nSPS) is 11.8. The molecule has 0 aliphatic heterocycles. The van der Waals surface area contributed by atoms with Crippen LogP contribution in [0.15, 0.2) is 255 Å². The lowest BCUT2D eigenvalue weighted by atomic mass is 9.99. The summed E-state index contributed by atoms with van der Waals surface area (Å²) in [4.78, 5) is 0. The van der Waals surface area contributed by atoms with E-state index in [1.54, 1.807) is 0 Å². The van der Waals surface area contributed by atoms with E-state index in [9.17, 15) is 0 Å². The van der Waals surface area contributed by atoms with Crippen molar-refractivity contribution in [2.75, 3.05) is 0 Å². The van der Waals surface area contributed by atoms with Crippen molar-refractivity contribution in [2.45, 2.75) is 0 Å². The van der Waals surface area contributed by atoms with Crippen LogP contribution in [0.2, 0.25) is 0 Å². The molecule has 0 saturated carbocycles. The fourth-order valence-electron chi connectivity index (χ4n) is 10.5. The zero-order valence-corrected chi connectivity index (χ0v) is 35.6. The summed E-state index contributed by atoms with van der Waals surface area (Å²) in [6.45, 7) is 0. The Morgan fingerprint density at radius 3 is 1.38 bits per heavy atom. The van der Waals surface area contributed by atoms with Crippen LogP contribution in [0.1, 0.15) is 0 Å². The van der Waals surface area contributed by atoms with Gasteiger partial charge in [-0.3, -0.25) is 0 Å². The summed E-state index contributed by atoms with van der Waals surface area (Å²) in [5, 5.41) is 10.5. The molecule has 0 atom stereocenters. The smallest absolute Gasteiger partial charge is 0.180 e. The van der Waals surface area contributed by atoms with Gasteiger partial charge in [0.2, 0.25) is 0 Å². The highest BCUT2D eigenvalue weighted by Crippen LogP contribution is 2.41. The van der Waals surface area contributed by atoms with Crippen LogP contribution in [0.3, 0.4) is 0 Å². The largest absolute Gasteiger partial charge is 0.309 e. The molecule has 0 saturated heterocycles. The molecule has 296 valence electrons. The Morgan fingerprint density at radius 1 is 0.286 bits per heavy atom. The van der Waals surface area contributed by atoms with Gasteiger partial charge in [-0.2, -0.15) is 0 Å². The summed E-state index contributed by atoms with van der Waals surface area (Å²) in [6, 6.07) is 94.3. The summed E-state index contributed by atoms with van der Waals surface area (Å²) in [5.74, 6) is 0. The van der Waals surface area contributed by atoms with Crippen LogP contribution in [0.4, 0.5) is 0 Å². The molecule has 0 radical (unpaired) electrons. The number of aromatic nitrogens is 2. The SMILES string of the molecule is c1ccc(-c2ccccc2-n2c3ccc(-n4c5ccccc5c5c(-c6ccccc6)cccc54)cc3c3c([Si](c4ccccc4)(c4ccccc4)c4ccccc4)cccc32)cc1. The molecule has 0 amide bonds. The number of nitrogens with zero attached hydrogens (tertiary/aromatic N) is 2. The molecular formula is C60H42N2Si. The lowest BCUT2D eigenvalue weighted by Gasteiger charge is -2.35. The van der Waals surface area contributed by atoms with E-state index in [1.165, 1.54) is 86.6 Å². The highest BCUT2D eigenvalue weighted by atomic mass is 28.3. The highest BCUT2D eigenvalue weighted by molar-refractivity contribution is 7.20. The second kappa shape index (κ2) is 15.2. The van der Waals surface area contributed by atoms with Crippen LogP contribution in [0.5, 0.6) is 0 Å². The summed E-state index contributed by atoms with van der Waals surface area (Å²) in [6.07, 6.45) is 0. The summed E-state index contributed by atoms with van der Waals surface area (Å²) < 4.78 is 5.01. The van der Waals surface area contributed by atoms with Gasteiger partial charge in [-0.1, -0.05) is 212 Å². The molecule has 2 heterocycles. The molecule has 0 unspecified atom stereocenters. The molecule has 0 aliphatic rings. The Labute approximate surface area is 368 Å². The Balaban J connectivity index is 1.24. The molecular weight excluding hydrogens is 777 g/mol. The summed E-state index contributed by atoms with van der Waals surface area (Å²) in [7, 11) is -2.98. The number of hydrogen-bond donors (Lipinski definition) is 0. The van der Waals surface area contributed by atoms with Crippen molar-refractivity contribution < 1.29 is 0 Å². The van der Waals surface area contributed by atoms with Gasteiger partial charge in [-0.15, -0.1) is 0 Å². The number of rotatable bonds is 8. The predicted octanol–water partition coefficient (Wildman–Crippen LogP) is 12.6. The third-order valence-electron chi connectivity index (χ3n) is 13.1. The fraction of sp³-hybridized carbons (Fsp3) is 0. The average Bonchev–Trinajstić information content (AvgIpc) is 3.89. The van der Waals surface area contributed by atoms with Crippen molar-refractivity contribution >= 4 is 72.4 Å². The molecule has 0 N–H and O–H groups in total. The van der Waals surface area contributed by atoms with E-state index in [-0.39, 0.29) is 0 Å². The summed E-state index contributed by atoms with van der Waals surface area (Å²) >= 11 is 0. The molecule has 2 nitrogen and oxygen atoms in total. The third-order valence-corrected chi connectivity index (χ3v) is 17.9. The van der Waals surface area contributed by atoms with Crippen LogP contribution in [-0.2, 0) is 0 Å². The first-order chi connectivity index (χ1) is 31.3. The van der Waals surface area contributed by atoms with E-state index in [4.69, 9.17) is 0 Å². The molecule has 0 spiro atoms. The van der Waals surface area contributed by atoms with Crippen molar-refractivity contribution in [3.05, 3.63) is 255 Å². The van der Waals surface area contributed by atoms with Crippen molar-refractivity contribution in [3.63, 3.8) is 0 Å². The Morgan fingerprint density at radius 2 is 0.746 bits per heavy atom. The first-order valence-corrected chi connectivity index (χ1v) is 23.8. The number of fused-ring (bicyclic) bond motifs is 6. The molecule has 0 aliphatic carbocycles. The second-order valence-electron chi connectivity index (χ2n) is 16.4. The van der Waals surface area contributed by atoms with Crippen LogP contribution in [0.25, 0.3) is 77.2 Å². The lowest BCUT2D eigenvalue weighted by Crippen LogP contribution is -2.74. The molecule has 63 heavy (non-hydrogen) atoms. The zero-order valence-electron chi connectivity index (χ0n) is 34.6. The minimum absolute atomic E-state index is 1.13. The van der Waals surface area contributed by atoms with Gasteiger partial charge in [0.05, 0.1) is 27.8 Å². The van der Waals surface area contributed by atoms with Gasteiger partial charge in [0.15, 0.2) is 8.07 Å². The molecule has 2 aromatic heterocycles. The fourth-order valence-corrected chi connectivity index (χ4v) is 15.5. The van der Waals surface area contributed by atoms with Crippen LogP contribution >= 0.6 is 0 Å². The molecule has 12 aromatic rings. The molecule has 3 heteroatoms. The lowest BCUT2D eigenvalue weighted by molar-refractivity contribution is 1.17. The second-order valence-corrected chi connectivity index (χ2v) is 20.2. The molecule has 0 fully saturated rings. The quantitative estimate of drug-likeness (QED) is 0.107. The monoisotopic (exact) mass is 818 g/mol. The van der Waals surface area contributed by atoms with E-state index in [1.807, 2.05) is 0 Å². The van der Waals surface area contributed by atoms with Crippen molar-refractivity contribution in [1.29, 1.82) is 0 Å². The van der Waals surface area contributed by atoms with E-state index in [0.717, 1.165) is 11.4 Å². The zero-order chi connectivity index (χ0) is 41.7. The van der Waals surface area contributed by atoms with Gasteiger partial charge in [0.25, 0.3) is 0 Å². The highest BCUT2D eigenvalue weighted by Gasteiger charge is 2.43. The number of para-hydroxylation sites is 2. The third kappa shape index (κ3) is 5.78. The van der Waals surface area contributed by atoms with Gasteiger partial charge in [-0.05, 0) is 79.9 Å². The van der Waals surface area contributed by atoms with Crippen molar-refractivity contribution in [2.24, 2.45) is 0 Å². The van der Waals surface area contributed by atoms with Gasteiger partial charge in [0, 0.05) is 32.8 Å². The average molecular weight is 819 g/mol. The van der Waals surface area contributed by atoms with E-state index in [2.05, 4.69) is 264 Å². The predicted molar refractivity (Wildman–Crippen MR) is 270 cm³/mol. The Bertz CT molecular complexity index is 3500. The maximum Gasteiger partial charge on any atom is 0.180 e. The minimum Gasteiger partial charge on any atom is -0.309 e.